The molecule has 17 heavy (non-hydrogen) atoms. The zero-order valence-electron chi connectivity index (χ0n) is 11.2. The van der Waals surface area contributed by atoms with Gasteiger partial charge in [0, 0.05) is 13.1 Å². The van der Waals surface area contributed by atoms with Crippen molar-refractivity contribution in [3.8, 4) is 0 Å². The molecular weight excluding hydrogens is 218 g/mol. The average Bonchev–Trinajstić information content (AvgIpc) is 2.30. The van der Waals surface area contributed by atoms with Crippen LogP contribution in [0.3, 0.4) is 0 Å². The molecule has 1 aliphatic heterocycles. The van der Waals surface area contributed by atoms with Gasteiger partial charge in [0.15, 0.2) is 0 Å². The number of nitrogens with two attached hydrogens (primary N) is 1. The molecule has 1 rings (SSSR count). The maximum absolute atomic E-state index is 12.5. The summed E-state index contributed by atoms with van der Waals surface area (Å²) in [5.74, 6) is -0.242. The number of carbonyl (C=O) groups excluding carboxylic acids is 2. The summed E-state index contributed by atoms with van der Waals surface area (Å²) in [5.41, 5.74) is 4.45. The van der Waals surface area contributed by atoms with Crippen molar-refractivity contribution < 1.29 is 9.59 Å². The van der Waals surface area contributed by atoms with Crippen molar-refractivity contribution in [3.63, 3.8) is 0 Å². The second-order valence-electron chi connectivity index (χ2n) is 5.13. The van der Waals surface area contributed by atoms with Crippen LogP contribution in [0, 0.1) is 0 Å². The lowest BCUT2D eigenvalue weighted by molar-refractivity contribution is -0.153. The highest BCUT2D eigenvalue weighted by atomic mass is 16.2. The minimum atomic E-state index is -0.852. The lowest BCUT2D eigenvalue weighted by Gasteiger charge is -2.44. The maximum Gasteiger partial charge on any atom is 0.245 e. The standard InChI is InChI=1S/C12H23N3O2/c1-5-12(13,6-2)10(17)15-8-7-14-9(16)11(15,3)4/h5-8,13H2,1-4H3,(H,14,16). The number of piperazine rings is 1. The molecule has 0 unspecified atom stereocenters. The molecule has 1 fully saturated rings. The van der Waals surface area contributed by atoms with Gasteiger partial charge in [-0.2, -0.15) is 0 Å². The van der Waals surface area contributed by atoms with Crippen LogP contribution < -0.4 is 11.1 Å². The first-order chi connectivity index (χ1) is 7.79. The van der Waals surface area contributed by atoms with Crippen LogP contribution in [0.4, 0.5) is 0 Å². The minimum Gasteiger partial charge on any atom is -0.352 e. The van der Waals surface area contributed by atoms with Crippen LogP contribution in [-0.4, -0.2) is 40.9 Å². The Hall–Kier alpha value is -1.10. The summed E-state index contributed by atoms with van der Waals surface area (Å²) in [5, 5.41) is 2.77. The Morgan fingerprint density at radius 1 is 1.47 bits per heavy atom. The van der Waals surface area contributed by atoms with Crippen LogP contribution in [-0.2, 0) is 9.59 Å². The third kappa shape index (κ3) is 2.29. The van der Waals surface area contributed by atoms with E-state index in [0.717, 1.165) is 0 Å². The van der Waals surface area contributed by atoms with Gasteiger partial charge in [-0.05, 0) is 26.7 Å². The Bertz CT molecular complexity index is 322. The molecule has 0 aromatic rings. The van der Waals surface area contributed by atoms with Gasteiger partial charge in [-0.1, -0.05) is 13.8 Å². The molecular formula is C12H23N3O2. The first-order valence-electron chi connectivity index (χ1n) is 6.19. The fourth-order valence-corrected chi connectivity index (χ4v) is 2.08. The second kappa shape index (κ2) is 4.64. The largest absolute Gasteiger partial charge is 0.352 e. The van der Waals surface area contributed by atoms with Gasteiger partial charge in [0.05, 0.1) is 5.54 Å². The molecule has 0 aliphatic carbocycles. The Balaban J connectivity index is 2.99. The van der Waals surface area contributed by atoms with Crippen molar-refractivity contribution in [2.24, 2.45) is 5.73 Å². The lowest BCUT2D eigenvalue weighted by Crippen LogP contribution is -2.68. The number of hydrogen-bond donors (Lipinski definition) is 2. The molecule has 1 saturated heterocycles. The van der Waals surface area contributed by atoms with Crippen molar-refractivity contribution >= 4 is 11.8 Å². The van der Waals surface area contributed by atoms with Gasteiger partial charge in [0.25, 0.3) is 0 Å². The van der Waals surface area contributed by atoms with Crippen molar-refractivity contribution in [2.45, 2.75) is 51.6 Å². The molecule has 0 aromatic carbocycles. The van der Waals surface area contributed by atoms with Gasteiger partial charge < -0.3 is 16.0 Å². The topological polar surface area (TPSA) is 75.4 Å². The zero-order chi connectivity index (χ0) is 13.3. The Kier molecular flexibility index (Phi) is 3.81. The average molecular weight is 241 g/mol. The van der Waals surface area contributed by atoms with Crippen molar-refractivity contribution in [1.29, 1.82) is 0 Å². The predicted octanol–water partition coefficient (Wildman–Crippen LogP) is 0.241. The van der Waals surface area contributed by atoms with E-state index in [1.54, 1.807) is 18.7 Å². The highest BCUT2D eigenvalue weighted by Gasteiger charge is 2.45. The molecule has 2 amide bonds. The molecule has 0 atom stereocenters. The maximum atomic E-state index is 12.5. The second-order valence-corrected chi connectivity index (χ2v) is 5.13. The van der Waals surface area contributed by atoms with Crippen LogP contribution >= 0.6 is 0 Å². The molecule has 0 spiro atoms. The van der Waals surface area contributed by atoms with E-state index in [-0.39, 0.29) is 11.8 Å². The van der Waals surface area contributed by atoms with Crippen molar-refractivity contribution in [1.82, 2.24) is 10.2 Å². The van der Waals surface area contributed by atoms with Crippen LogP contribution in [0.5, 0.6) is 0 Å². The van der Waals surface area contributed by atoms with Gasteiger partial charge in [0.1, 0.15) is 5.54 Å². The lowest BCUT2D eigenvalue weighted by atomic mass is 9.88. The molecule has 0 aromatic heterocycles. The van der Waals surface area contributed by atoms with Crippen LogP contribution in [0.1, 0.15) is 40.5 Å². The highest BCUT2D eigenvalue weighted by molar-refractivity contribution is 5.95. The van der Waals surface area contributed by atoms with Gasteiger partial charge in [-0.3, -0.25) is 9.59 Å². The molecule has 0 bridgehead atoms. The molecule has 5 heteroatoms. The summed E-state index contributed by atoms with van der Waals surface area (Å²) >= 11 is 0. The summed E-state index contributed by atoms with van der Waals surface area (Å²) in [7, 11) is 0. The fraction of sp³-hybridized carbons (Fsp3) is 0.833. The van der Waals surface area contributed by atoms with E-state index in [0.29, 0.717) is 25.9 Å². The van der Waals surface area contributed by atoms with Gasteiger partial charge in [0.2, 0.25) is 11.8 Å². The predicted molar refractivity (Wildman–Crippen MR) is 66.3 cm³/mol. The molecule has 0 saturated carbocycles. The minimum absolute atomic E-state index is 0.119. The summed E-state index contributed by atoms with van der Waals surface area (Å²) < 4.78 is 0. The summed E-state index contributed by atoms with van der Waals surface area (Å²) in [6.07, 6.45) is 1.16. The Labute approximate surface area is 103 Å². The van der Waals surface area contributed by atoms with E-state index in [1.165, 1.54) is 0 Å². The fourth-order valence-electron chi connectivity index (χ4n) is 2.08. The Morgan fingerprint density at radius 3 is 2.47 bits per heavy atom. The first kappa shape index (κ1) is 14.0. The zero-order valence-corrected chi connectivity index (χ0v) is 11.2. The SMILES string of the molecule is CCC(N)(CC)C(=O)N1CCNC(=O)C1(C)C. The quantitative estimate of drug-likeness (QED) is 0.743. The normalized spacial score (nSPS) is 20.1. The third-order valence-corrected chi connectivity index (χ3v) is 3.78. The first-order valence-corrected chi connectivity index (χ1v) is 6.19. The van der Waals surface area contributed by atoms with E-state index in [4.69, 9.17) is 5.73 Å². The van der Waals surface area contributed by atoms with Gasteiger partial charge in [-0.25, -0.2) is 0 Å². The van der Waals surface area contributed by atoms with Crippen LogP contribution in [0.15, 0.2) is 0 Å². The van der Waals surface area contributed by atoms with Crippen molar-refractivity contribution in [3.05, 3.63) is 0 Å². The van der Waals surface area contributed by atoms with Gasteiger partial charge in [-0.15, -0.1) is 0 Å². The van der Waals surface area contributed by atoms with Crippen molar-refractivity contribution in [2.75, 3.05) is 13.1 Å². The Morgan fingerprint density at radius 2 is 2.00 bits per heavy atom. The number of nitrogens with zero attached hydrogens (tertiary/aromatic N) is 1. The molecule has 0 radical (unpaired) electrons. The van der Waals surface area contributed by atoms with E-state index >= 15 is 0 Å². The molecule has 1 aliphatic rings. The van der Waals surface area contributed by atoms with Crippen LogP contribution in [0.25, 0.3) is 0 Å². The number of amides is 2. The summed E-state index contributed by atoms with van der Waals surface area (Å²) in [6.45, 7) is 8.33. The van der Waals surface area contributed by atoms with Gasteiger partial charge >= 0.3 is 0 Å². The molecule has 3 N–H and O–H groups in total. The number of carbonyl (C=O) groups is 2. The third-order valence-electron chi connectivity index (χ3n) is 3.78. The van der Waals surface area contributed by atoms with E-state index in [9.17, 15) is 9.59 Å². The molecule has 1 heterocycles. The smallest absolute Gasteiger partial charge is 0.245 e. The monoisotopic (exact) mass is 241 g/mol. The van der Waals surface area contributed by atoms with E-state index < -0.39 is 11.1 Å². The number of rotatable bonds is 3. The molecule has 98 valence electrons. The highest BCUT2D eigenvalue weighted by Crippen LogP contribution is 2.24. The van der Waals surface area contributed by atoms with E-state index in [2.05, 4.69) is 5.32 Å². The number of hydrogen-bond acceptors (Lipinski definition) is 3. The molecule has 5 nitrogen and oxygen atoms in total. The summed E-state index contributed by atoms with van der Waals surface area (Å²) in [6, 6.07) is 0. The number of nitrogens with one attached hydrogen (secondary N) is 1. The van der Waals surface area contributed by atoms with E-state index in [1.807, 2.05) is 13.8 Å². The summed E-state index contributed by atoms with van der Waals surface area (Å²) in [4.78, 5) is 25.9. The van der Waals surface area contributed by atoms with Crippen LogP contribution in [0.2, 0.25) is 0 Å².